The normalized spacial score (nSPS) is 14.0. The molecule has 3 N–H and O–H groups in total. The average Bonchev–Trinajstić information content (AvgIpc) is 3.28. The van der Waals surface area contributed by atoms with Crippen molar-refractivity contribution in [3.8, 4) is 22.8 Å². The van der Waals surface area contributed by atoms with Crippen molar-refractivity contribution in [2.24, 2.45) is 5.73 Å². The van der Waals surface area contributed by atoms with Gasteiger partial charge in [0.2, 0.25) is 5.91 Å². The van der Waals surface area contributed by atoms with Gasteiger partial charge in [0.05, 0.1) is 29.6 Å². The lowest BCUT2D eigenvalue weighted by Crippen LogP contribution is -2.42. The molecule has 6 rings (SSSR count). The first-order chi connectivity index (χ1) is 21.4. The van der Waals surface area contributed by atoms with Crippen LogP contribution in [-0.4, -0.2) is 45.4 Å². The SMILES string of the molecule is CCC(c1ccccc1)C(CN1C(=O)c2ccccc2C1=O)Oc1cccc2nc(-c3ccccc3)c(O)c(CC(N)=O)c12. The molecule has 2 atom stereocenters. The van der Waals surface area contributed by atoms with Gasteiger partial charge in [0.25, 0.3) is 11.8 Å². The molecule has 3 amide bonds. The van der Waals surface area contributed by atoms with Crippen LogP contribution in [0.4, 0.5) is 0 Å². The summed E-state index contributed by atoms with van der Waals surface area (Å²) < 4.78 is 6.77. The van der Waals surface area contributed by atoms with Crippen molar-refractivity contribution in [2.45, 2.75) is 31.8 Å². The zero-order valence-electron chi connectivity index (χ0n) is 24.1. The van der Waals surface area contributed by atoms with Crippen molar-refractivity contribution in [2.75, 3.05) is 6.54 Å². The summed E-state index contributed by atoms with van der Waals surface area (Å²) in [6, 6.07) is 31.1. The number of nitrogens with zero attached hydrogens (tertiary/aromatic N) is 2. The zero-order chi connectivity index (χ0) is 30.8. The first-order valence-corrected chi connectivity index (χ1v) is 14.5. The van der Waals surface area contributed by atoms with Crippen molar-refractivity contribution < 1.29 is 24.2 Å². The molecule has 1 aliphatic heterocycles. The van der Waals surface area contributed by atoms with E-state index in [-0.39, 0.29) is 36.4 Å². The van der Waals surface area contributed by atoms with Crippen molar-refractivity contribution in [3.63, 3.8) is 0 Å². The third-order valence-corrected chi connectivity index (χ3v) is 8.08. The summed E-state index contributed by atoms with van der Waals surface area (Å²) in [6.45, 7) is 2.01. The fraction of sp³-hybridized carbons (Fsp3) is 0.167. The summed E-state index contributed by atoms with van der Waals surface area (Å²) in [4.78, 5) is 45.1. The smallest absolute Gasteiger partial charge is 0.261 e. The fourth-order valence-corrected chi connectivity index (χ4v) is 6.00. The minimum absolute atomic E-state index is 0.0111. The second-order valence-corrected chi connectivity index (χ2v) is 10.8. The minimum atomic E-state index is -0.674. The van der Waals surface area contributed by atoms with E-state index in [2.05, 4.69) is 0 Å². The van der Waals surface area contributed by atoms with Crippen LogP contribution in [-0.2, 0) is 11.2 Å². The number of aromatic hydroxyl groups is 1. The highest BCUT2D eigenvalue weighted by Crippen LogP contribution is 2.41. The van der Waals surface area contributed by atoms with Gasteiger partial charge >= 0.3 is 0 Å². The van der Waals surface area contributed by atoms with Crippen molar-refractivity contribution >= 4 is 28.6 Å². The van der Waals surface area contributed by atoms with Gasteiger partial charge in [-0.2, -0.15) is 0 Å². The Morgan fingerprint density at radius 2 is 1.48 bits per heavy atom. The van der Waals surface area contributed by atoms with Crippen molar-refractivity contribution in [1.82, 2.24) is 9.88 Å². The molecule has 1 aromatic heterocycles. The lowest BCUT2D eigenvalue weighted by atomic mass is 9.90. The highest BCUT2D eigenvalue weighted by atomic mass is 16.5. The lowest BCUT2D eigenvalue weighted by molar-refractivity contribution is -0.117. The standard InChI is InChI=1S/C36H31N3O5/c1-2-24(22-12-5-3-6-13-22)30(21-39-35(42)25-16-9-10-17-26(25)36(39)43)44-29-19-11-18-28-32(29)27(20-31(37)40)34(41)33(38-28)23-14-7-4-8-15-23/h3-19,24,30,41H,2,20-21H2,1H3,(H2,37,40). The van der Waals surface area contributed by atoms with E-state index >= 15 is 0 Å². The van der Waals surface area contributed by atoms with Gasteiger partial charge in [-0.1, -0.05) is 85.8 Å². The van der Waals surface area contributed by atoms with Gasteiger partial charge in [0.1, 0.15) is 23.3 Å². The molecule has 8 nitrogen and oxygen atoms in total. The maximum atomic E-state index is 13.4. The van der Waals surface area contributed by atoms with E-state index in [0.29, 0.717) is 51.0 Å². The van der Waals surface area contributed by atoms with Gasteiger partial charge in [-0.3, -0.25) is 19.3 Å². The number of rotatable bonds is 10. The Morgan fingerprint density at radius 1 is 0.864 bits per heavy atom. The van der Waals surface area contributed by atoms with Crippen molar-refractivity contribution in [1.29, 1.82) is 0 Å². The van der Waals surface area contributed by atoms with Gasteiger partial charge in [-0.05, 0) is 36.2 Å². The Bertz CT molecular complexity index is 1840. The van der Waals surface area contributed by atoms with E-state index in [1.54, 1.807) is 42.5 Å². The topological polar surface area (TPSA) is 123 Å². The van der Waals surface area contributed by atoms with Gasteiger partial charge < -0.3 is 15.6 Å². The number of carbonyl (C=O) groups is 3. The Morgan fingerprint density at radius 3 is 2.09 bits per heavy atom. The molecule has 8 heteroatoms. The van der Waals surface area contributed by atoms with Crippen LogP contribution < -0.4 is 10.5 Å². The molecule has 0 saturated carbocycles. The summed E-state index contributed by atoms with van der Waals surface area (Å²) in [7, 11) is 0. The molecule has 0 aliphatic carbocycles. The summed E-state index contributed by atoms with van der Waals surface area (Å²) in [5, 5.41) is 11.9. The molecular formula is C36H31N3O5. The predicted molar refractivity (Wildman–Crippen MR) is 167 cm³/mol. The number of hydrogen-bond donors (Lipinski definition) is 2. The summed E-state index contributed by atoms with van der Waals surface area (Å²) >= 11 is 0. The molecule has 0 fully saturated rings. The molecule has 4 aromatic carbocycles. The van der Waals surface area contributed by atoms with Crippen LogP contribution in [0.3, 0.4) is 0 Å². The van der Waals surface area contributed by atoms with Crippen LogP contribution in [0.25, 0.3) is 22.2 Å². The van der Waals surface area contributed by atoms with Crippen molar-refractivity contribution in [3.05, 3.63) is 125 Å². The maximum Gasteiger partial charge on any atom is 0.261 e. The monoisotopic (exact) mass is 585 g/mol. The number of benzene rings is 4. The number of aromatic nitrogens is 1. The van der Waals surface area contributed by atoms with Gasteiger partial charge in [-0.25, -0.2) is 4.98 Å². The van der Waals surface area contributed by atoms with E-state index < -0.39 is 12.0 Å². The van der Waals surface area contributed by atoms with Crippen LogP contribution in [0.5, 0.6) is 11.5 Å². The molecule has 0 bridgehead atoms. The number of carbonyl (C=O) groups excluding carboxylic acids is 3. The number of fused-ring (bicyclic) bond motifs is 2. The maximum absolute atomic E-state index is 13.4. The first-order valence-electron chi connectivity index (χ1n) is 14.5. The van der Waals surface area contributed by atoms with E-state index in [1.165, 1.54) is 4.90 Å². The van der Waals surface area contributed by atoms with E-state index in [0.717, 1.165) is 5.56 Å². The van der Waals surface area contributed by atoms with Gasteiger partial charge in [0, 0.05) is 22.4 Å². The molecule has 0 radical (unpaired) electrons. The Kier molecular flexibility index (Phi) is 7.81. The molecule has 0 spiro atoms. The first kappa shape index (κ1) is 28.6. The van der Waals surface area contributed by atoms with E-state index in [9.17, 15) is 19.5 Å². The molecule has 2 unspecified atom stereocenters. The number of nitrogens with two attached hydrogens (primary N) is 1. The molecule has 220 valence electrons. The third kappa shape index (κ3) is 5.26. The number of hydrogen-bond acceptors (Lipinski definition) is 6. The second-order valence-electron chi connectivity index (χ2n) is 10.8. The van der Waals surface area contributed by atoms with Gasteiger partial charge in [-0.15, -0.1) is 0 Å². The fourth-order valence-electron chi connectivity index (χ4n) is 6.00. The summed E-state index contributed by atoms with van der Waals surface area (Å²) in [5.74, 6) is -1.38. The van der Waals surface area contributed by atoms with Gasteiger partial charge in [0.15, 0.2) is 0 Å². The number of primary amides is 1. The Balaban J connectivity index is 1.47. The molecule has 44 heavy (non-hydrogen) atoms. The van der Waals surface area contributed by atoms with Crippen LogP contribution in [0.15, 0.2) is 103 Å². The highest BCUT2D eigenvalue weighted by molar-refractivity contribution is 6.21. The molecular weight excluding hydrogens is 554 g/mol. The average molecular weight is 586 g/mol. The molecule has 0 saturated heterocycles. The second kappa shape index (κ2) is 12.0. The van der Waals surface area contributed by atoms with Crippen LogP contribution >= 0.6 is 0 Å². The molecule has 2 heterocycles. The minimum Gasteiger partial charge on any atom is -0.505 e. The molecule has 1 aliphatic rings. The van der Waals surface area contributed by atoms with Crippen LogP contribution in [0, 0.1) is 0 Å². The van der Waals surface area contributed by atoms with E-state index in [4.69, 9.17) is 15.5 Å². The number of pyridine rings is 1. The highest BCUT2D eigenvalue weighted by Gasteiger charge is 2.39. The third-order valence-electron chi connectivity index (χ3n) is 8.08. The lowest BCUT2D eigenvalue weighted by Gasteiger charge is -2.31. The largest absolute Gasteiger partial charge is 0.505 e. The Labute approximate surface area is 254 Å². The van der Waals surface area contributed by atoms with Crippen LogP contribution in [0.1, 0.15) is 51.1 Å². The predicted octanol–water partition coefficient (Wildman–Crippen LogP) is 5.87. The number of amides is 3. The number of ether oxygens (including phenoxy) is 1. The zero-order valence-corrected chi connectivity index (χ0v) is 24.1. The van der Waals surface area contributed by atoms with E-state index in [1.807, 2.05) is 67.6 Å². The molecule has 5 aromatic rings. The summed E-state index contributed by atoms with van der Waals surface area (Å²) in [6.07, 6.45) is -0.268. The Hall–Kier alpha value is -5.50. The quantitative estimate of drug-likeness (QED) is 0.198. The number of imide groups is 1. The van der Waals surface area contributed by atoms with Crippen LogP contribution in [0.2, 0.25) is 0 Å². The summed E-state index contributed by atoms with van der Waals surface area (Å²) in [5.41, 5.74) is 9.17.